The van der Waals surface area contributed by atoms with Crippen molar-refractivity contribution in [3.63, 3.8) is 0 Å². The van der Waals surface area contributed by atoms with Crippen molar-refractivity contribution in [3.05, 3.63) is 34.9 Å². The maximum atomic E-state index is 11.9. The molecule has 1 fully saturated rings. The molecule has 5 nitrogen and oxygen atoms in total. The summed E-state index contributed by atoms with van der Waals surface area (Å²) in [5.41, 5.74) is 0.714. The molecule has 0 radical (unpaired) electrons. The lowest BCUT2D eigenvalue weighted by Crippen LogP contribution is -2.34. The number of carbonyl (C=O) groups is 1. The SMILES string of the molecule is CS(=O)(=O)N[C@@H](CC(=O)NC1CC1)c1ccc(Cl)cc1. The van der Waals surface area contributed by atoms with Gasteiger partial charge in [-0.1, -0.05) is 23.7 Å². The molecule has 20 heavy (non-hydrogen) atoms. The van der Waals surface area contributed by atoms with E-state index in [-0.39, 0.29) is 18.4 Å². The van der Waals surface area contributed by atoms with Crippen molar-refractivity contribution in [3.8, 4) is 0 Å². The second kappa shape index (κ2) is 6.11. The number of amides is 1. The van der Waals surface area contributed by atoms with Gasteiger partial charge in [-0.25, -0.2) is 13.1 Å². The largest absolute Gasteiger partial charge is 0.353 e. The smallest absolute Gasteiger partial charge is 0.222 e. The Hall–Kier alpha value is -1.11. The van der Waals surface area contributed by atoms with Crippen molar-refractivity contribution in [1.82, 2.24) is 10.0 Å². The molecule has 0 spiro atoms. The standard InChI is InChI=1S/C13H17ClN2O3S/c1-20(18,19)16-12(8-13(17)15-11-6-7-11)9-2-4-10(14)5-3-9/h2-5,11-12,16H,6-8H2,1H3,(H,15,17)/t12-/m0/s1. The summed E-state index contributed by atoms with van der Waals surface area (Å²) >= 11 is 5.81. The molecule has 2 N–H and O–H groups in total. The Morgan fingerprint density at radius 1 is 1.35 bits per heavy atom. The van der Waals surface area contributed by atoms with Crippen molar-refractivity contribution in [1.29, 1.82) is 0 Å². The number of hydrogen-bond acceptors (Lipinski definition) is 3. The number of benzene rings is 1. The van der Waals surface area contributed by atoms with Gasteiger partial charge in [-0.3, -0.25) is 4.79 Å². The lowest BCUT2D eigenvalue weighted by molar-refractivity contribution is -0.121. The fraction of sp³-hybridized carbons (Fsp3) is 0.462. The van der Waals surface area contributed by atoms with Crippen LogP contribution < -0.4 is 10.0 Å². The zero-order valence-corrected chi connectivity index (χ0v) is 12.7. The van der Waals surface area contributed by atoms with E-state index in [2.05, 4.69) is 10.0 Å². The van der Waals surface area contributed by atoms with Crippen LogP contribution in [-0.2, 0) is 14.8 Å². The third-order valence-electron chi connectivity index (χ3n) is 2.96. The highest BCUT2D eigenvalue weighted by atomic mass is 35.5. The molecule has 1 aromatic rings. The topological polar surface area (TPSA) is 75.3 Å². The first-order valence-corrected chi connectivity index (χ1v) is 8.62. The summed E-state index contributed by atoms with van der Waals surface area (Å²) in [4.78, 5) is 11.9. The molecule has 1 aromatic carbocycles. The second-order valence-corrected chi connectivity index (χ2v) is 7.26. The summed E-state index contributed by atoms with van der Waals surface area (Å²) in [6.45, 7) is 0. The molecule has 1 amide bonds. The van der Waals surface area contributed by atoms with Crippen molar-refractivity contribution >= 4 is 27.5 Å². The molecule has 0 bridgehead atoms. The average molecular weight is 317 g/mol. The molecule has 1 aliphatic carbocycles. The monoisotopic (exact) mass is 316 g/mol. The van der Waals surface area contributed by atoms with Crippen LogP contribution in [-0.4, -0.2) is 26.6 Å². The molecule has 0 saturated heterocycles. The Bertz CT molecular complexity index is 582. The van der Waals surface area contributed by atoms with Crippen molar-refractivity contribution in [2.75, 3.05) is 6.26 Å². The highest BCUT2D eigenvalue weighted by Gasteiger charge is 2.26. The summed E-state index contributed by atoms with van der Waals surface area (Å²) in [6.07, 6.45) is 3.15. The average Bonchev–Trinajstić information content (AvgIpc) is 3.11. The number of halogens is 1. The van der Waals surface area contributed by atoms with E-state index >= 15 is 0 Å². The number of hydrogen-bond donors (Lipinski definition) is 2. The van der Waals surface area contributed by atoms with Crippen LogP contribution in [0.25, 0.3) is 0 Å². The second-order valence-electron chi connectivity index (χ2n) is 5.04. The fourth-order valence-electron chi connectivity index (χ4n) is 1.88. The van der Waals surface area contributed by atoms with Crippen molar-refractivity contribution in [2.24, 2.45) is 0 Å². The van der Waals surface area contributed by atoms with Crippen LogP contribution in [0.5, 0.6) is 0 Å². The van der Waals surface area contributed by atoms with Crippen LogP contribution in [0.15, 0.2) is 24.3 Å². The van der Waals surface area contributed by atoms with E-state index < -0.39 is 16.1 Å². The summed E-state index contributed by atoms with van der Waals surface area (Å²) in [6, 6.07) is 6.46. The predicted molar refractivity (Wildman–Crippen MR) is 78.0 cm³/mol. The summed E-state index contributed by atoms with van der Waals surface area (Å²) in [5.74, 6) is -0.149. The zero-order valence-electron chi connectivity index (χ0n) is 11.1. The molecule has 1 atom stereocenters. The summed E-state index contributed by atoms with van der Waals surface area (Å²) < 4.78 is 25.3. The van der Waals surface area contributed by atoms with Crippen LogP contribution in [0.3, 0.4) is 0 Å². The summed E-state index contributed by atoms with van der Waals surface area (Å²) in [7, 11) is -3.40. The molecule has 1 saturated carbocycles. The fourth-order valence-corrected chi connectivity index (χ4v) is 2.74. The van der Waals surface area contributed by atoms with Gasteiger partial charge in [-0.05, 0) is 30.5 Å². The molecule has 0 unspecified atom stereocenters. The van der Waals surface area contributed by atoms with Crippen LogP contribution in [0, 0.1) is 0 Å². The van der Waals surface area contributed by atoms with Crippen LogP contribution in [0.1, 0.15) is 30.9 Å². The Morgan fingerprint density at radius 3 is 2.45 bits per heavy atom. The van der Waals surface area contributed by atoms with Crippen LogP contribution in [0.4, 0.5) is 0 Å². The van der Waals surface area contributed by atoms with Gasteiger partial charge >= 0.3 is 0 Å². The number of carbonyl (C=O) groups excluding carboxylic acids is 1. The van der Waals surface area contributed by atoms with Gasteiger partial charge in [0.25, 0.3) is 0 Å². The first kappa shape index (κ1) is 15.3. The molecule has 2 rings (SSSR count). The highest BCUT2D eigenvalue weighted by Crippen LogP contribution is 2.22. The van der Waals surface area contributed by atoms with Crippen molar-refractivity contribution in [2.45, 2.75) is 31.3 Å². The van der Waals surface area contributed by atoms with E-state index in [4.69, 9.17) is 11.6 Å². The molecule has 0 aromatic heterocycles. The molecule has 110 valence electrons. The highest BCUT2D eigenvalue weighted by molar-refractivity contribution is 7.88. The molecule has 1 aliphatic rings. The van der Waals surface area contributed by atoms with E-state index in [0.717, 1.165) is 19.1 Å². The first-order valence-electron chi connectivity index (χ1n) is 6.35. The van der Waals surface area contributed by atoms with E-state index in [0.29, 0.717) is 10.6 Å². The lowest BCUT2D eigenvalue weighted by Gasteiger charge is -2.17. The van der Waals surface area contributed by atoms with E-state index in [1.807, 2.05) is 0 Å². The third kappa shape index (κ3) is 5.11. The predicted octanol–water partition coefficient (Wildman–Crippen LogP) is 1.60. The van der Waals surface area contributed by atoms with Gasteiger partial charge in [-0.2, -0.15) is 0 Å². The van der Waals surface area contributed by atoms with Gasteiger partial charge in [0.15, 0.2) is 0 Å². The Kier molecular flexibility index (Phi) is 4.67. The summed E-state index contributed by atoms with van der Waals surface area (Å²) in [5, 5.41) is 3.42. The van der Waals surface area contributed by atoms with Crippen LogP contribution in [0.2, 0.25) is 5.02 Å². The Morgan fingerprint density at radius 2 is 1.95 bits per heavy atom. The van der Waals surface area contributed by atoms with Gasteiger partial charge < -0.3 is 5.32 Å². The van der Waals surface area contributed by atoms with E-state index in [1.54, 1.807) is 24.3 Å². The molecular formula is C13H17ClN2O3S. The maximum absolute atomic E-state index is 11.9. The van der Waals surface area contributed by atoms with Gasteiger partial charge in [0, 0.05) is 17.5 Å². The Labute approximate surface area is 123 Å². The number of sulfonamides is 1. The van der Waals surface area contributed by atoms with Crippen LogP contribution >= 0.6 is 11.6 Å². The zero-order chi connectivity index (χ0) is 14.8. The lowest BCUT2D eigenvalue weighted by atomic mass is 10.0. The van der Waals surface area contributed by atoms with Gasteiger partial charge in [0.05, 0.1) is 12.3 Å². The minimum absolute atomic E-state index is 0.0746. The first-order chi connectivity index (χ1) is 9.33. The minimum atomic E-state index is -3.40. The minimum Gasteiger partial charge on any atom is -0.353 e. The maximum Gasteiger partial charge on any atom is 0.222 e. The van der Waals surface area contributed by atoms with E-state index in [9.17, 15) is 13.2 Å². The molecule has 0 heterocycles. The van der Waals surface area contributed by atoms with E-state index in [1.165, 1.54) is 0 Å². The van der Waals surface area contributed by atoms with Gasteiger partial charge in [-0.15, -0.1) is 0 Å². The normalized spacial score (nSPS) is 16.7. The number of rotatable bonds is 6. The third-order valence-corrected chi connectivity index (χ3v) is 3.93. The number of nitrogens with one attached hydrogen (secondary N) is 2. The quantitative estimate of drug-likeness (QED) is 0.837. The van der Waals surface area contributed by atoms with Gasteiger partial charge in [0.1, 0.15) is 0 Å². The molecule has 7 heteroatoms. The Balaban J connectivity index is 2.10. The van der Waals surface area contributed by atoms with Crippen molar-refractivity contribution < 1.29 is 13.2 Å². The molecular weight excluding hydrogens is 300 g/mol. The van der Waals surface area contributed by atoms with Gasteiger partial charge in [0.2, 0.25) is 15.9 Å². The molecule has 0 aliphatic heterocycles.